The van der Waals surface area contributed by atoms with E-state index in [9.17, 15) is 4.79 Å². The largest absolute Gasteiger partial charge is 0.508 e. The minimum absolute atomic E-state index is 0.147. The van der Waals surface area contributed by atoms with Crippen LogP contribution in [0.2, 0.25) is 0 Å². The summed E-state index contributed by atoms with van der Waals surface area (Å²) in [5.41, 5.74) is 0.974. The summed E-state index contributed by atoms with van der Waals surface area (Å²) in [6.07, 6.45) is 1.41. The zero-order valence-electron chi connectivity index (χ0n) is 9.44. The molecule has 1 fully saturated rings. The summed E-state index contributed by atoms with van der Waals surface area (Å²) < 4.78 is 0. The summed E-state index contributed by atoms with van der Waals surface area (Å²) in [7, 11) is 0. The zero-order chi connectivity index (χ0) is 11.5. The van der Waals surface area contributed by atoms with E-state index in [0.717, 1.165) is 18.5 Å². The molecule has 1 heterocycles. The minimum Gasteiger partial charge on any atom is -0.508 e. The fourth-order valence-electron chi connectivity index (χ4n) is 2.24. The Bertz CT molecular complexity index is 372. The lowest BCUT2D eigenvalue weighted by Crippen LogP contribution is -2.29. The minimum atomic E-state index is 0.147. The van der Waals surface area contributed by atoms with Gasteiger partial charge in [0.15, 0.2) is 0 Å². The van der Waals surface area contributed by atoms with Crippen molar-refractivity contribution in [2.75, 3.05) is 6.54 Å². The van der Waals surface area contributed by atoms with Crippen molar-refractivity contribution in [1.29, 1.82) is 0 Å². The van der Waals surface area contributed by atoms with E-state index >= 15 is 0 Å². The number of aromatic hydroxyl groups is 1. The second-order valence-corrected chi connectivity index (χ2v) is 4.45. The van der Waals surface area contributed by atoms with Crippen LogP contribution in [0.3, 0.4) is 0 Å². The number of carbonyl (C=O) groups excluding carboxylic acids is 1. The van der Waals surface area contributed by atoms with E-state index in [1.165, 1.54) is 0 Å². The summed E-state index contributed by atoms with van der Waals surface area (Å²) in [6.45, 7) is 3.00. The Morgan fingerprint density at radius 3 is 2.69 bits per heavy atom. The molecule has 3 nitrogen and oxygen atoms in total. The van der Waals surface area contributed by atoms with Crippen LogP contribution < -0.4 is 5.32 Å². The molecule has 1 saturated heterocycles. The van der Waals surface area contributed by atoms with Gasteiger partial charge in [0.1, 0.15) is 11.5 Å². The molecule has 0 saturated carbocycles. The molecule has 0 aromatic heterocycles. The van der Waals surface area contributed by atoms with Crippen molar-refractivity contribution in [3.63, 3.8) is 0 Å². The topological polar surface area (TPSA) is 49.3 Å². The predicted octanol–water partition coefficient (Wildman–Crippen LogP) is 1.50. The van der Waals surface area contributed by atoms with Gasteiger partial charge in [0, 0.05) is 18.4 Å². The Hall–Kier alpha value is -1.35. The van der Waals surface area contributed by atoms with Gasteiger partial charge in [0.25, 0.3) is 0 Å². The molecular formula is C13H17NO2. The molecule has 86 valence electrons. The molecule has 1 aliphatic heterocycles. The van der Waals surface area contributed by atoms with Gasteiger partial charge in [0.2, 0.25) is 0 Å². The van der Waals surface area contributed by atoms with Crippen LogP contribution in [-0.2, 0) is 11.2 Å². The molecule has 2 N–H and O–H groups in total. The van der Waals surface area contributed by atoms with Gasteiger partial charge >= 0.3 is 0 Å². The van der Waals surface area contributed by atoms with Gasteiger partial charge in [-0.3, -0.25) is 4.79 Å². The molecule has 16 heavy (non-hydrogen) atoms. The van der Waals surface area contributed by atoms with Gasteiger partial charge in [-0.15, -0.1) is 0 Å². The van der Waals surface area contributed by atoms with E-state index in [1.807, 2.05) is 0 Å². The lowest BCUT2D eigenvalue weighted by Gasteiger charge is -2.13. The van der Waals surface area contributed by atoms with Crippen molar-refractivity contribution >= 4 is 5.78 Å². The molecule has 0 aliphatic carbocycles. The first kappa shape index (κ1) is 11.1. The molecule has 0 amide bonds. The smallest absolute Gasteiger partial charge is 0.141 e. The molecule has 1 aromatic carbocycles. The van der Waals surface area contributed by atoms with Gasteiger partial charge in [-0.05, 0) is 37.6 Å². The highest BCUT2D eigenvalue weighted by molar-refractivity contribution is 5.84. The molecule has 0 radical (unpaired) electrons. The lowest BCUT2D eigenvalue weighted by molar-refractivity contribution is -0.122. The van der Waals surface area contributed by atoms with E-state index in [2.05, 4.69) is 12.2 Å². The fraction of sp³-hybridized carbons (Fsp3) is 0.462. The van der Waals surface area contributed by atoms with E-state index in [0.29, 0.717) is 18.2 Å². The highest BCUT2D eigenvalue weighted by Gasteiger charge is 2.28. The van der Waals surface area contributed by atoms with E-state index in [-0.39, 0.29) is 11.7 Å². The number of benzene rings is 1. The van der Waals surface area contributed by atoms with Crippen LogP contribution >= 0.6 is 0 Å². The van der Waals surface area contributed by atoms with Crippen molar-refractivity contribution in [2.45, 2.75) is 25.8 Å². The summed E-state index contributed by atoms with van der Waals surface area (Å²) in [5.74, 6) is 0.684. The monoisotopic (exact) mass is 219 g/mol. The molecule has 2 rings (SSSR count). The maximum Gasteiger partial charge on any atom is 0.141 e. The summed E-state index contributed by atoms with van der Waals surface area (Å²) in [6, 6.07) is 7.16. The molecule has 0 spiro atoms. The van der Waals surface area contributed by atoms with Crippen molar-refractivity contribution in [1.82, 2.24) is 5.32 Å². The van der Waals surface area contributed by atoms with Crippen LogP contribution in [0.4, 0.5) is 0 Å². The number of carbonyl (C=O) groups is 1. The van der Waals surface area contributed by atoms with E-state index < -0.39 is 0 Å². The van der Waals surface area contributed by atoms with Crippen molar-refractivity contribution < 1.29 is 9.90 Å². The first-order valence-electron chi connectivity index (χ1n) is 5.71. The SMILES string of the molecule is CC1NCCC1C(=O)Cc1ccc(O)cc1. The van der Waals surface area contributed by atoms with Gasteiger partial charge in [-0.1, -0.05) is 12.1 Å². The van der Waals surface area contributed by atoms with Gasteiger partial charge in [0.05, 0.1) is 0 Å². The molecule has 1 aromatic rings. The molecular weight excluding hydrogens is 202 g/mol. The Labute approximate surface area is 95.5 Å². The Balaban J connectivity index is 1.99. The number of rotatable bonds is 3. The van der Waals surface area contributed by atoms with Gasteiger partial charge in [-0.2, -0.15) is 0 Å². The Morgan fingerprint density at radius 2 is 2.12 bits per heavy atom. The average Bonchev–Trinajstić information content (AvgIpc) is 2.68. The number of hydrogen-bond acceptors (Lipinski definition) is 3. The lowest BCUT2D eigenvalue weighted by atomic mass is 9.92. The van der Waals surface area contributed by atoms with Crippen LogP contribution in [-0.4, -0.2) is 23.5 Å². The van der Waals surface area contributed by atoms with E-state index in [4.69, 9.17) is 5.11 Å². The number of nitrogens with one attached hydrogen (secondary N) is 1. The first-order chi connectivity index (χ1) is 7.66. The van der Waals surface area contributed by atoms with Crippen LogP contribution in [0.25, 0.3) is 0 Å². The van der Waals surface area contributed by atoms with Gasteiger partial charge < -0.3 is 10.4 Å². The second kappa shape index (κ2) is 4.66. The number of Topliss-reactive ketones (excluding diaryl/α,β-unsaturated/α-hetero) is 1. The van der Waals surface area contributed by atoms with Crippen LogP contribution in [0.1, 0.15) is 18.9 Å². The van der Waals surface area contributed by atoms with Crippen LogP contribution in [0, 0.1) is 5.92 Å². The Morgan fingerprint density at radius 1 is 1.44 bits per heavy atom. The summed E-state index contributed by atoms with van der Waals surface area (Å²) >= 11 is 0. The standard InChI is InChI=1S/C13H17NO2/c1-9-12(6-7-14-9)13(16)8-10-2-4-11(15)5-3-10/h2-5,9,12,14-15H,6-8H2,1H3. The maximum atomic E-state index is 12.0. The molecule has 1 aliphatic rings. The third kappa shape index (κ3) is 2.42. The average molecular weight is 219 g/mol. The first-order valence-corrected chi connectivity index (χ1v) is 5.71. The summed E-state index contributed by atoms with van der Waals surface area (Å²) in [5, 5.41) is 12.4. The van der Waals surface area contributed by atoms with Gasteiger partial charge in [-0.25, -0.2) is 0 Å². The van der Waals surface area contributed by atoms with Crippen LogP contribution in [0.15, 0.2) is 24.3 Å². The molecule has 0 bridgehead atoms. The molecule has 3 heteroatoms. The molecule has 2 unspecified atom stereocenters. The quantitative estimate of drug-likeness (QED) is 0.810. The number of phenols is 1. The zero-order valence-corrected chi connectivity index (χ0v) is 9.44. The number of phenolic OH excluding ortho intramolecular Hbond substituents is 1. The highest BCUT2D eigenvalue weighted by Crippen LogP contribution is 2.19. The van der Waals surface area contributed by atoms with Crippen molar-refractivity contribution in [3.8, 4) is 5.75 Å². The van der Waals surface area contributed by atoms with Crippen LogP contribution in [0.5, 0.6) is 5.75 Å². The third-order valence-electron chi connectivity index (χ3n) is 3.25. The van der Waals surface area contributed by atoms with E-state index in [1.54, 1.807) is 24.3 Å². The van der Waals surface area contributed by atoms with Crippen molar-refractivity contribution in [3.05, 3.63) is 29.8 Å². The molecule has 2 atom stereocenters. The van der Waals surface area contributed by atoms with Crippen molar-refractivity contribution in [2.24, 2.45) is 5.92 Å². The predicted molar refractivity (Wildman–Crippen MR) is 62.4 cm³/mol. The maximum absolute atomic E-state index is 12.0. The second-order valence-electron chi connectivity index (χ2n) is 4.45. The normalized spacial score (nSPS) is 24.6. The number of hydrogen-bond donors (Lipinski definition) is 2. The highest BCUT2D eigenvalue weighted by atomic mass is 16.3. The fourth-order valence-corrected chi connectivity index (χ4v) is 2.24. The third-order valence-corrected chi connectivity index (χ3v) is 3.25. The number of ketones is 1. The Kier molecular flexibility index (Phi) is 3.25. The summed E-state index contributed by atoms with van der Waals surface area (Å²) in [4.78, 5) is 12.0.